The molecule has 4 aromatic carbocycles. The van der Waals surface area contributed by atoms with E-state index in [4.69, 9.17) is 4.42 Å². The van der Waals surface area contributed by atoms with Crippen LogP contribution in [0.1, 0.15) is 207 Å². The number of hydrogen-bond acceptors (Lipinski definition) is 3. The Morgan fingerprint density at radius 1 is 0.406 bits per heavy atom. The minimum Gasteiger partial charge on any atom is -0.472 e. The van der Waals surface area contributed by atoms with Gasteiger partial charge in [0.25, 0.3) is 6.71 Å². The van der Waals surface area contributed by atoms with Crippen LogP contribution in [0, 0.1) is 0 Å². The van der Waals surface area contributed by atoms with Crippen LogP contribution in [0.4, 0.5) is 34.1 Å². The first-order valence-corrected chi connectivity index (χ1v) is 25.1. The fourth-order valence-electron chi connectivity index (χ4n) is 13.8. The first kappa shape index (κ1) is 42.5. The molecule has 6 aliphatic rings. The fraction of sp³-hybridized carbons (Fsp3) is 0.533. The second-order valence-corrected chi connectivity index (χ2v) is 26.8. The zero-order valence-corrected chi connectivity index (χ0v) is 42.4. The van der Waals surface area contributed by atoms with E-state index in [1.54, 1.807) is 0 Å². The van der Waals surface area contributed by atoms with Gasteiger partial charge >= 0.3 is 0 Å². The summed E-state index contributed by atoms with van der Waals surface area (Å²) in [5.74, 6) is 1.19. The number of furan rings is 1. The van der Waals surface area contributed by atoms with Crippen LogP contribution in [-0.2, 0) is 43.3 Å². The summed E-state index contributed by atoms with van der Waals surface area (Å²) in [5.41, 5.74) is 22.5. The predicted octanol–water partition coefficient (Wildman–Crippen LogP) is 14.8. The molecule has 0 N–H and O–H groups in total. The lowest BCUT2D eigenvalue weighted by Gasteiger charge is -2.47. The zero-order valence-electron chi connectivity index (χ0n) is 42.4. The highest BCUT2D eigenvalue weighted by Gasteiger charge is 2.53. The fourth-order valence-corrected chi connectivity index (χ4v) is 13.8. The highest BCUT2D eigenvalue weighted by atomic mass is 16.3. The van der Waals surface area contributed by atoms with Gasteiger partial charge < -0.3 is 14.2 Å². The van der Waals surface area contributed by atoms with Gasteiger partial charge in [0, 0.05) is 39.4 Å². The van der Waals surface area contributed by atoms with Crippen LogP contribution < -0.4 is 26.4 Å². The van der Waals surface area contributed by atoms with E-state index in [9.17, 15) is 0 Å². The summed E-state index contributed by atoms with van der Waals surface area (Å²) >= 11 is 0. The molecule has 0 saturated carbocycles. The normalized spacial score (nSPS) is 23.7. The van der Waals surface area contributed by atoms with Gasteiger partial charge in [0.2, 0.25) is 0 Å². The van der Waals surface area contributed by atoms with Crippen molar-refractivity contribution in [3.8, 4) is 0 Å². The first-order valence-electron chi connectivity index (χ1n) is 25.1. The average Bonchev–Trinajstić information content (AvgIpc) is 3.64. The van der Waals surface area contributed by atoms with E-state index in [0.717, 1.165) is 18.5 Å². The molecule has 0 atom stereocenters. The lowest BCUT2D eigenvalue weighted by atomic mass is 9.35. The zero-order chi connectivity index (χ0) is 45.7. The molecule has 4 aliphatic carbocycles. The molecule has 4 heteroatoms. The van der Waals surface area contributed by atoms with E-state index < -0.39 is 0 Å². The molecule has 3 nitrogen and oxygen atoms in total. The summed E-state index contributed by atoms with van der Waals surface area (Å²) in [7, 11) is 0. The van der Waals surface area contributed by atoms with Gasteiger partial charge in [-0.25, -0.2) is 0 Å². The number of rotatable bonds is 2. The van der Waals surface area contributed by atoms with Crippen molar-refractivity contribution < 1.29 is 4.42 Å². The van der Waals surface area contributed by atoms with Gasteiger partial charge in [-0.3, -0.25) is 0 Å². The van der Waals surface area contributed by atoms with Crippen molar-refractivity contribution in [3.63, 3.8) is 0 Å². The Hall–Kier alpha value is -4.18. The first-order chi connectivity index (χ1) is 29.7. The lowest BCUT2D eigenvalue weighted by molar-refractivity contribution is 0.282. The van der Waals surface area contributed by atoms with Gasteiger partial charge in [-0.2, -0.15) is 0 Å². The monoisotopic (exact) mass is 851 g/mol. The Balaban J connectivity index is 1.26. The molecule has 1 aromatic heterocycles. The van der Waals surface area contributed by atoms with Gasteiger partial charge in [0.15, 0.2) is 0 Å². The number of nitrogens with zero attached hydrogens (tertiary/aromatic N) is 2. The Morgan fingerprint density at radius 3 is 1.33 bits per heavy atom. The molecule has 5 aromatic rings. The summed E-state index contributed by atoms with van der Waals surface area (Å²) in [6.07, 6.45) is 9.39. The summed E-state index contributed by atoms with van der Waals surface area (Å²) in [4.78, 5) is 5.36. The lowest BCUT2D eigenvalue weighted by Crippen LogP contribution is -2.61. The third-order valence-corrected chi connectivity index (χ3v) is 18.6. The van der Waals surface area contributed by atoms with Crippen LogP contribution in [0.15, 0.2) is 71.1 Å². The van der Waals surface area contributed by atoms with E-state index in [1.165, 1.54) is 128 Å². The van der Waals surface area contributed by atoms with Crippen molar-refractivity contribution in [3.05, 3.63) is 111 Å². The second-order valence-electron chi connectivity index (χ2n) is 26.8. The molecule has 2 aliphatic heterocycles. The van der Waals surface area contributed by atoms with Crippen molar-refractivity contribution in [1.82, 2.24) is 0 Å². The van der Waals surface area contributed by atoms with Gasteiger partial charge in [-0.05, 0) is 176 Å². The molecule has 0 bridgehead atoms. The predicted molar refractivity (Wildman–Crippen MR) is 274 cm³/mol. The summed E-state index contributed by atoms with van der Waals surface area (Å²) < 4.78 is 7.77. The molecule has 3 heterocycles. The van der Waals surface area contributed by atoms with Crippen LogP contribution in [0.2, 0.25) is 0 Å². The number of benzene rings is 4. The smallest absolute Gasteiger partial charge is 0.297 e. The molecule has 0 amide bonds. The topological polar surface area (TPSA) is 19.6 Å². The van der Waals surface area contributed by atoms with Crippen molar-refractivity contribution in [1.29, 1.82) is 0 Å². The molecular weight excluding hydrogens is 775 g/mol. The third-order valence-electron chi connectivity index (χ3n) is 18.6. The van der Waals surface area contributed by atoms with Gasteiger partial charge in [-0.1, -0.05) is 135 Å². The van der Waals surface area contributed by atoms with Crippen LogP contribution >= 0.6 is 0 Å². The molecule has 11 rings (SSSR count). The SMILES string of the molecule is CC1(C)CCC(C)(C)c2cc(N3c4cc5c(cc4B4c6oc7c(c6N(c6ccc8c(c6)C(C)(C)CCC8(C)C)c6cccc3c64)C(C)(C)CCC7(C)C)C(C)(C)CCC5(C)C)ccc21. The van der Waals surface area contributed by atoms with E-state index in [2.05, 4.69) is 187 Å². The standard InChI is InChI=1S/C60H75BN2O/c1-53(2)24-26-55(5,6)40-32-36(20-22-38(40)53)62-45-18-17-19-46-49(45)61(44-34-42-43(35-47(44)62)58(11,12)29-28-57(42,9)10)52-50(48-51(64-52)60(15,16)31-30-59(48,13)14)63(46)37-21-23-39-41(33-37)56(7,8)27-25-54(39,3)4/h17-23,32-35H,24-31H2,1-16H3. The number of anilines is 6. The Kier molecular flexibility index (Phi) is 8.51. The van der Waals surface area contributed by atoms with Crippen molar-refractivity contribution in [2.24, 2.45) is 0 Å². The molecule has 334 valence electrons. The van der Waals surface area contributed by atoms with Crippen LogP contribution in [0.3, 0.4) is 0 Å². The highest BCUT2D eigenvalue weighted by Crippen LogP contribution is 2.57. The van der Waals surface area contributed by atoms with Crippen LogP contribution in [-0.4, -0.2) is 6.71 Å². The largest absolute Gasteiger partial charge is 0.472 e. The summed E-state index contributed by atoms with van der Waals surface area (Å²) in [6.45, 7) is 39.4. The molecule has 0 saturated heterocycles. The van der Waals surface area contributed by atoms with E-state index in [0.29, 0.717) is 0 Å². The quantitative estimate of drug-likeness (QED) is 0.162. The van der Waals surface area contributed by atoms with Crippen LogP contribution in [0.25, 0.3) is 0 Å². The van der Waals surface area contributed by atoms with Crippen molar-refractivity contribution in [2.45, 2.75) is 205 Å². The van der Waals surface area contributed by atoms with Crippen LogP contribution in [0.5, 0.6) is 0 Å². The maximum Gasteiger partial charge on any atom is 0.297 e. The third kappa shape index (κ3) is 5.77. The minimum atomic E-state index is -0.0835. The van der Waals surface area contributed by atoms with Gasteiger partial charge in [0.1, 0.15) is 5.76 Å². The molecule has 0 spiro atoms. The number of fused-ring (bicyclic) bond motifs is 9. The van der Waals surface area contributed by atoms with Crippen molar-refractivity contribution >= 4 is 57.4 Å². The number of hydrogen-bond donors (Lipinski definition) is 0. The van der Waals surface area contributed by atoms with E-state index in [1.807, 2.05) is 0 Å². The Bertz CT molecular complexity index is 2820. The average molecular weight is 851 g/mol. The molecule has 64 heavy (non-hydrogen) atoms. The van der Waals surface area contributed by atoms with E-state index in [-0.39, 0.29) is 50.0 Å². The minimum absolute atomic E-state index is 0.0481. The van der Waals surface area contributed by atoms with Crippen molar-refractivity contribution in [2.75, 3.05) is 9.80 Å². The second kappa shape index (κ2) is 12.8. The van der Waals surface area contributed by atoms with Gasteiger partial charge in [0.05, 0.1) is 11.3 Å². The molecule has 0 fully saturated rings. The maximum absolute atomic E-state index is 7.77. The molecular formula is C60H75BN2O. The highest BCUT2D eigenvalue weighted by molar-refractivity contribution is 6.99. The molecule has 0 unspecified atom stereocenters. The summed E-state index contributed by atoms with van der Waals surface area (Å²) in [5, 5.41) is 0. The Labute approximate surface area is 386 Å². The summed E-state index contributed by atoms with van der Waals surface area (Å²) in [6, 6.07) is 27.6. The molecule has 0 radical (unpaired) electrons. The van der Waals surface area contributed by atoms with E-state index >= 15 is 0 Å². The Morgan fingerprint density at radius 2 is 0.812 bits per heavy atom. The van der Waals surface area contributed by atoms with Gasteiger partial charge in [-0.15, -0.1) is 0 Å². The maximum atomic E-state index is 7.77.